The maximum absolute atomic E-state index is 13.9. The summed E-state index contributed by atoms with van der Waals surface area (Å²) in [5.41, 5.74) is -0.597. The molecule has 1 aromatic heterocycles. The number of hydrogen-bond donors (Lipinski definition) is 1. The first-order chi connectivity index (χ1) is 8.99. The number of benzene rings is 1. The molecule has 19 heavy (non-hydrogen) atoms. The van der Waals surface area contributed by atoms with E-state index in [1.807, 2.05) is 6.07 Å². The van der Waals surface area contributed by atoms with Gasteiger partial charge in [-0.1, -0.05) is 12.1 Å². The van der Waals surface area contributed by atoms with E-state index in [1.54, 1.807) is 18.2 Å². The Bertz CT molecular complexity index is 700. The third kappa shape index (κ3) is 2.98. The van der Waals surface area contributed by atoms with Gasteiger partial charge in [-0.2, -0.15) is 4.39 Å². The Morgan fingerprint density at radius 3 is 2.84 bits per heavy atom. The van der Waals surface area contributed by atoms with Crippen molar-refractivity contribution in [2.45, 2.75) is 6.54 Å². The van der Waals surface area contributed by atoms with Crippen LogP contribution in [0.5, 0.6) is 0 Å². The largest absolute Gasteiger partial charge is 0.480 e. The lowest BCUT2D eigenvalue weighted by atomic mass is 10.1. The highest BCUT2D eigenvalue weighted by atomic mass is 127. The standard InChI is InChI=1S/C12H8FIN2O3/c13-10-11(7-2-1-3-8(14)4-7)15-6-16(12(10)19)5-9(17)18/h1-4,6H,5H2,(H,17,18). The Morgan fingerprint density at radius 2 is 2.21 bits per heavy atom. The average Bonchev–Trinajstić information content (AvgIpc) is 2.35. The van der Waals surface area contributed by atoms with E-state index in [-0.39, 0.29) is 5.69 Å². The number of halogens is 2. The van der Waals surface area contributed by atoms with Crippen LogP contribution in [-0.2, 0) is 11.3 Å². The molecule has 0 amide bonds. The Kier molecular flexibility index (Phi) is 3.93. The summed E-state index contributed by atoms with van der Waals surface area (Å²) in [5, 5.41) is 8.59. The lowest BCUT2D eigenvalue weighted by Gasteiger charge is -2.06. The van der Waals surface area contributed by atoms with Crippen LogP contribution in [0.2, 0.25) is 0 Å². The first kappa shape index (κ1) is 13.7. The van der Waals surface area contributed by atoms with Crippen LogP contribution < -0.4 is 5.56 Å². The number of carboxylic acid groups (broad SMARTS) is 1. The molecule has 0 saturated carbocycles. The minimum Gasteiger partial charge on any atom is -0.480 e. The van der Waals surface area contributed by atoms with Crippen LogP contribution in [0.3, 0.4) is 0 Å². The van der Waals surface area contributed by atoms with Crippen molar-refractivity contribution < 1.29 is 14.3 Å². The third-order valence-electron chi connectivity index (χ3n) is 2.39. The van der Waals surface area contributed by atoms with Gasteiger partial charge in [0.25, 0.3) is 5.56 Å². The minimum atomic E-state index is -1.23. The molecule has 1 N–H and O–H groups in total. The van der Waals surface area contributed by atoms with Gasteiger partial charge in [0.2, 0.25) is 5.82 Å². The second kappa shape index (κ2) is 5.47. The fourth-order valence-electron chi connectivity index (χ4n) is 1.56. The van der Waals surface area contributed by atoms with Gasteiger partial charge in [-0.05, 0) is 34.7 Å². The molecule has 0 aliphatic rings. The van der Waals surface area contributed by atoms with Crippen molar-refractivity contribution in [1.29, 1.82) is 0 Å². The molecule has 0 atom stereocenters. The molecule has 5 nitrogen and oxygen atoms in total. The van der Waals surface area contributed by atoms with Crippen molar-refractivity contribution in [3.05, 3.63) is 50.3 Å². The molecule has 0 aliphatic carbocycles. The number of rotatable bonds is 3. The summed E-state index contributed by atoms with van der Waals surface area (Å²) in [4.78, 5) is 26.0. The van der Waals surface area contributed by atoms with Crippen LogP contribution in [0.15, 0.2) is 35.4 Å². The molecule has 0 saturated heterocycles. The lowest BCUT2D eigenvalue weighted by Crippen LogP contribution is -2.27. The van der Waals surface area contributed by atoms with Crippen molar-refractivity contribution >= 4 is 28.6 Å². The average molecular weight is 374 g/mol. The van der Waals surface area contributed by atoms with Crippen LogP contribution in [0.1, 0.15) is 0 Å². The van der Waals surface area contributed by atoms with Gasteiger partial charge in [-0.3, -0.25) is 14.2 Å². The summed E-state index contributed by atoms with van der Waals surface area (Å²) in [6.45, 7) is -0.616. The molecule has 98 valence electrons. The molecule has 0 radical (unpaired) electrons. The van der Waals surface area contributed by atoms with Crippen molar-refractivity contribution in [1.82, 2.24) is 9.55 Å². The number of aromatic nitrogens is 2. The molecule has 0 spiro atoms. The monoisotopic (exact) mass is 374 g/mol. The van der Waals surface area contributed by atoms with Gasteiger partial charge in [0.05, 0.1) is 6.33 Å². The molecule has 0 unspecified atom stereocenters. The second-order valence-corrected chi connectivity index (χ2v) is 4.99. The predicted octanol–water partition coefficient (Wildman–Crippen LogP) is 1.74. The summed E-state index contributed by atoms with van der Waals surface area (Å²) >= 11 is 2.06. The molecular weight excluding hydrogens is 366 g/mol. The van der Waals surface area contributed by atoms with Crippen LogP contribution in [0.25, 0.3) is 11.3 Å². The van der Waals surface area contributed by atoms with E-state index in [9.17, 15) is 14.0 Å². The summed E-state index contributed by atoms with van der Waals surface area (Å²) in [6, 6.07) is 6.87. The smallest absolute Gasteiger partial charge is 0.323 e. The van der Waals surface area contributed by atoms with Crippen molar-refractivity contribution in [2.75, 3.05) is 0 Å². The third-order valence-corrected chi connectivity index (χ3v) is 3.06. The molecule has 0 bridgehead atoms. The van der Waals surface area contributed by atoms with Crippen LogP contribution in [-0.4, -0.2) is 20.6 Å². The van der Waals surface area contributed by atoms with E-state index in [1.165, 1.54) is 0 Å². The molecule has 1 aromatic carbocycles. The highest BCUT2D eigenvalue weighted by molar-refractivity contribution is 14.1. The zero-order chi connectivity index (χ0) is 14.0. The van der Waals surface area contributed by atoms with Gasteiger partial charge >= 0.3 is 5.97 Å². The molecule has 0 fully saturated rings. The SMILES string of the molecule is O=C(O)Cn1cnc(-c2cccc(I)c2)c(F)c1=O. The van der Waals surface area contributed by atoms with Gasteiger partial charge in [0.1, 0.15) is 12.2 Å². The summed E-state index contributed by atoms with van der Waals surface area (Å²) in [6.07, 6.45) is 1.04. The van der Waals surface area contributed by atoms with Gasteiger partial charge < -0.3 is 5.11 Å². The molecule has 2 rings (SSSR count). The number of carbonyl (C=O) groups is 1. The van der Waals surface area contributed by atoms with Gasteiger partial charge in [0, 0.05) is 9.13 Å². The fraction of sp³-hybridized carbons (Fsp3) is 0.0833. The van der Waals surface area contributed by atoms with Gasteiger partial charge in [-0.15, -0.1) is 0 Å². The highest BCUT2D eigenvalue weighted by Crippen LogP contribution is 2.20. The lowest BCUT2D eigenvalue weighted by molar-refractivity contribution is -0.137. The molecule has 0 aliphatic heterocycles. The summed E-state index contributed by atoms with van der Waals surface area (Å²) in [5.74, 6) is -2.28. The van der Waals surface area contributed by atoms with Crippen molar-refractivity contribution in [3.8, 4) is 11.3 Å². The first-order valence-electron chi connectivity index (χ1n) is 5.21. The fourth-order valence-corrected chi connectivity index (χ4v) is 2.10. The van der Waals surface area contributed by atoms with Crippen molar-refractivity contribution in [3.63, 3.8) is 0 Å². The normalized spacial score (nSPS) is 10.4. The van der Waals surface area contributed by atoms with Crippen molar-refractivity contribution in [2.24, 2.45) is 0 Å². The minimum absolute atomic E-state index is 0.0786. The predicted molar refractivity (Wildman–Crippen MR) is 74.2 cm³/mol. The van der Waals surface area contributed by atoms with E-state index < -0.39 is 23.9 Å². The number of nitrogens with zero attached hydrogens (tertiary/aromatic N) is 2. The summed E-state index contributed by atoms with van der Waals surface area (Å²) in [7, 11) is 0. The number of aliphatic carboxylic acids is 1. The van der Waals surface area contributed by atoms with Crippen LogP contribution >= 0.6 is 22.6 Å². The zero-order valence-electron chi connectivity index (χ0n) is 9.51. The Morgan fingerprint density at radius 1 is 1.47 bits per heavy atom. The molecule has 7 heteroatoms. The van der Waals surface area contributed by atoms with E-state index >= 15 is 0 Å². The second-order valence-electron chi connectivity index (χ2n) is 3.74. The zero-order valence-corrected chi connectivity index (χ0v) is 11.7. The molecule has 2 aromatic rings. The van der Waals surface area contributed by atoms with E-state index in [0.29, 0.717) is 5.56 Å². The quantitative estimate of drug-likeness (QED) is 0.831. The topological polar surface area (TPSA) is 72.2 Å². The number of hydrogen-bond acceptors (Lipinski definition) is 3. The van der Waals surface area contributed by atoms with Crippen LogP contribution in [0, 0.1) is 9.39 Å². The van der Waals surface area contributed by atoms with E-state index in [0.717, 1.165) is 14.5 Å². The Hall–Kier alpha value is -1.77. The molecular formula is C12H8FIN2O3. The van der Waals surface area contributed by atoms with Crippen LogP contribution in [0.4, 0.5) is 4.39 Å². The number of carboxylic acids is 1. The summed E-state index contributed by atoms with van der Waals surface area (Å²) < 4.78 is 15.5. The first-order valence-corrected chi connectivity index (χ1v) is 6.29. The van der Waals surface area contributed by atoms with E-state index in [2.05, 4.69) is 27.6 Å². The Balaban J connectivity index is 2.53. The Labute approximate surface area is 120 Å². The van der Waals surface area contributed by atoms with Gasteiger partial charge in [-0.25, -0.2) is 4.98 Å². The van der Waals surface area contributed by atoms with E-state index in [4.69, 9.17) is 5.11 Å². The molecule has 1 heterocycles. The maximum atomic E-state index is 13.9. The maximum Gasteiger partial charge on any atom is 0.323 e. The van der Waals surface area contributed by atoms with Gasteiger partial charge in [0.15, 0.2) is 0 Å². The highest BCUT2D eigenvalue weighted by Gasteiger charge is 2.14.